The van der Waals surface area contributed by atoms with Crippen LogP contribution in [0.3, 0.4) is 0 Å². The molecule has 0 saturated carbocycles. The molecule has 364 valence electrons. The first kappa shape index (κ1) is 56.0. The summed E-state index contributed by atoms with van der Waals surface area (Å²) >= 11 is 11.9. The Morgan fingerprint density at radius 2 is 1.53 bits per heavy atom. The minimum atomic E-state index is -4.71. The van der Waals surface area contributed by atoms with Gasteiger partial charge in [0.05, 0.1) is 31.1 Å². The number of urea groups is 1. The van der Waals surface area contributed by atoms with E-state index in [9.17, 15) is 67.7 Å². The Bertz CT molecular complexity index is 2560. The van der Waals surface area contributed by atoms with Gasteiger partial charge in [0.15, 0.2) is 5.82 Å². The maximum absolute atomic E-state index is 14.2. The first-order chi connectivity index (χ1) is 30.6. The van der Waals surface area contributed by atoms with Gasteiger partial charge in [0, 0.05) is 11.4 Å². The van der Waals surface area contributed by atoms with Crippen LogP contribution in [0.25, 0.3) is 5.69 Å². The van der Waals surface area contributed by atoms with Gasteiger partial charge in [-0.1, -0.05) is 23.7 Å². The molecule has 0 radical (unpaired) electrons. The van der Waals surface area contributed by atoms with Crippen LogP contribution in [-0.2, 0) is 35.3 Å². The molecule has 2 aromatic carbocycles. The molecular formula is C32H32Cl2F7N8O15PS. The number of rotatable bonds is 18. The summed E-state index contributed by atoms with van der Waals surface area (Å²) in [5.41, 5.74) is -2.01. The van der Waals surface area contributed by atoms with Crippen LogP contribution in [0, 0.1) is 12.7 Å². The average molecular weight is 1040 g/mol. The SMILES string of the molecule is CCOC(=O)C(Cl)Cc1cc(-n2nc(C)n(C(F)F)c2=O)c(F)cc1Cl.O=C(Nc1nc(OC(F)F)cc(OC(F)F)n1)NS(=O)(=O)c1ccccc1C(=O)O.O=C(O)CNCP(=O)(O)O. The zero-order chi connectivity index (χ0) is 50.3. The topological polar surface area (TPSA) is 330 Å². The van der Waals surface area contributed by atoms with E-state index in [1.807, 2.05) is 0 Å². The second kappa shape index (κ2) is 25.0. The third-order valence-corrected chi connectivity index (χ3v) is 9.72. The number of carbonyl (C=O) groups excluding carboxylic acids is 2. The van der Waals surface area contributed by atoms with Crippen LogP contribution in [0.1, 0.15) is 35.2 Å². The molecule has 2 aromatic heterocycles. The maximum atomic E-state index is 14.2. The van der Waals surface area contributed by atoms with Crippen LogP contribution in [0.2, 0.25) is 5.02 Å². The Labute approximate surface area is 374 Å². The minimum Gasteiger partial charge on any atom is -0.480 e. The van der Waals surface area contributed by atoms with E-state index in [2.05, 4.69) is 29.9 Å². The van der Waals surface area contributed by atoms with Gasteiger partial charge in [-0.3, -0.25) is 24.8 Å². The Hall–Kier alpha value is -6.11. The van der Waals surface area contributed by atoms with E-state index < -0.39 is 119 Å². The molecule has 66 heavy (non-hydrogen) atoms. The van der Waals surface area contributed by atoms with Gasteiger partial charge in [-0.2, -0.15) is 41.0 Å². The van der Waals surface area contributed by atoms with Crippen LogP contribution in [0.15, 0.2) is 52.2 Å². The van der Waals surface area contributed by atoms with Crippen molar-refractivity contribution in [3.05, 3.63) is 80.7 Å². The van der Waals surface area contributed by atoms with E-state index in [1.54, 1.807) is 12.2 Å². The van der Waals surface area contributed by atoms with Gasteiger partial charge in [0.25, 0.3) is 10.0 Å². The number of amides is 2. The van der Waals surface area contributed by atoms with Crippen LogP contribution in [0.4, 0.5) is 41.5 Å². The number of aryl methyl sites for hydroxylation is 1. The molecule has 1 unspecified atom stereocenters. The van der Waals surface area contributed by atoms with E-state index in [4.69, 9.17) is 47.9 Å². The Morgan fingerprint density at radius 1 is 0.955 bits per heavy atom. The van der Waals surface area contributed by atoms with Gasteiger partial charge in [-0.25, -0.2) is 36.5 Å². The number of aromatic nitrogens is 5. The lowest BCUT2D eigenvalue weighted by atomic mass is 10.1. The van der Waals surface area contributed by atoms with Gasteiger partial charge in [-0.15, -0.1) is 16.7 Å². The molecule has 0 aliphatic carbocycles. The highest BCUT2D eigenvalue weighted by Gasteiger charge is 2.26. The number of alkyl halides is 7. The number of anilines is 1. The number of sulfonamides is 1. The molecule has 0 saturated heterocycles. The largest absolute Gasteiger partial charge is 0.480 e. The molecule has 0 aliphatic heterocycles. The van der Waals surface area contributed by atoms with Crippen molar-refractivity contribution in [2.75, 3.05) is 24.8 Å². The summed E-state index contributed by atoms with van der Waals surface area (Å²) < 4.78 is 139. The summed E-state index contributed by atoms with van der Waals surface area (Å²) in [6, 6.07) is 5.25. The summed E-state index contributed by atoms with van der Waals surface area (Å²) in [6.45, 7) is -7.45. The summed E-state index contributed by atoms with van der Waals surface area (Å²) in [6.07, 6.45) is -0.713. The summed E-state index contributed by atoms with van der Waals surface area (Å²) in [7, 11) is -8.81. The molecule has 4 rings (SSSR count). The zero-order valence-electron chi connectivity index (χ0n) is 33.0. The number of nitrogens with zero attached hydrogens (tertiary/aromatic N) is 5. The van der Waals surface area contributed by atoms with Gasteiger partial charge < -0.3 is 34.2 Å². The summed E-state index contributed by atoms with van der Waals surface area (Å²) in [4.78, 5) is 78.7. The fraction of sp³-hybridized carbons (Fsp3) is 0.312. The number of nitrogens with one attached hydrogen (secondary N) is 3. The Kier molecular flexibility index (Phi) is 21.2. The number of carboxylic acid groups (broad SMARTS) is 2. The fourth-order valence-corrected chi connectivity index (χ4v) is 6.49. The molecule has 1 atom stereocenters. The lowest BCUT2D eigenvalue weighted by Gasteiger charge is -2.12. The van der Waals surface area contributed by atoms with Crippen molar-refractivity contribution in [1.29, 1.82) is 0 Å². The molecule has 4 aromatic rings. The number of halogens is 9. The fourth-order valence-electron chi connectivity index (χ4n) is 4.52. The second-order valence-corrected chi connectivity index (χ2v) is 16.1. The van der Waals surface area contributed by atoms with E-state index in [0.717, 1.165) is 24.3 Å². The number of aliphatic carboxylic acids is 1. The van der Waals surface area contributed by atoms with Gasteiger partial charge >= 0.3 is 57.0 Å². The van der Waals surface area contributed by atoms with E-state index in [-0.39, 0.29) is 39.7 Å². The minimum absolute atomic E-state index is 0.0424. The average Bonchev–Trinajstić information content (AvgIpc) is 3.47. The van der Waals surface area contributed by atoms with Crippen LogP contribution in [0.5, 0.6) is 11.8 Å². The molecule has 0 fully saturated rings. The van der Waals surface area contributed by atoms with E-state index in [0.29, 0.717) is 10.7 Å². The molecule has 7 N–H and O–H groups in total. The normalized spacial score (nSPS) is 11.8. The number of hydrogen-bond acceptors (Lipinski definition) is 15. The lowest BCUT2D eigenvalue weighted by Crippen LogP contribution is -2.35. The predicted octanol–water partition coefficient (Wildman–Crippen LogP) is 3.93. The van der Waals surface area contributed by atoms with Crippen LogP contribution in [-0.4, -0.2) is 115 Å². The molecular weight excluding hydrogens is 1000 g/mol. The predicted molar refractivity (Wildman–Crippen MR) is 209 cm³/mol. The van der Waals surface area contributed by atoms with Crippen molar-refractivity contribution in [1.82, 2.24) is 34.4 Å². The van der Waals surface area contributed by atoms with E-state index in [1.165, 1.54) is 23.8 Å². The number of esters is 1. The third kappa shape index (κ3) is 18.0. The quantitative estimate of drug-likeness (QED) is 0.0321. The Balaban J connectivity index is 0.000000379. The van der Waals surface area contributed by atoms with Crippen molar-refractivity contribution in [3.63, 3.8) is 0 Å². The molecule has 2 amide bonds. The van der Waals surface area contributed by atoms with E-state index >= 15 is 0 Å². The highest BCUT2D eigenvalue weighted by molar-refractivity contribution is 7.90. The summed E-state index contributed by atoms with van der Waals surface area (Å²) in [5, 5.41) is 23.3. The molecule has 0 spiro atoms. The monoisotopic (exact) mass is 1030 g/mol. The molecule has 23 nitrogen and oxygen atoms in total. The number of carbonyl (C=O) groups is 4. The molecule has 34 heteroatoms. The number of ether oxygens (including phenoxy) is 3. The van der Waals surface area contributed by atoms with Crippen LogP contribution >= 0.6 is 30.8 Å². The number of aromatic carboxylic acids is 1. The van der Waals surface area contributed by atoms with Crippen molar-refractivity contribution in [2.24, 2.45) is 0 Å². The van der Waals surface area contributed by atoms with Crippen molar-refractivity contribution < 1.29 is 97.1 Å². The highest BCUT2D eigenvalue weighted by atomic mass is 35.5. The smallest absolute Gasteiger partial charge is 0.388 e. The maximum Gasteiger partial charge on any atom is 0.388 e. The van der Waals surface area contributed by atoms with Crippen molar-refractivity contribution in [3.8, 4) is 17.4 Å². The number of benzene rings is 2. The lowest BCUT2D eigenvalue weighted by molar-refractivity contribution is -0.142. The molecule has 0 aliphatic rings. The first-order valence-electron chi connectivity index (χ1n) is 17.2. The number of hydrogen-bond donors (Lipinski definition) is 7. The van der Waals surface area contributed by atoms with Gasteiger partial charge in [0.1, 0.15) is 21.8 Å². The number of carboxylic acids is 2. The standard InChI is InChI=1S/C15H14Cl2F3N3O3.C14H10F4N4O7S.C3H8NO5P/c1-3-26-13(24)10(17)4-8-5-12(11(18)6-9(8)16)23-15(25)22(14(19)20)7(2)21-23;15-11(16)28-8-5-9(29-12(17)18)20-13(19-8)21-14(25)22-30(26,27)7-4-2-1-3-6(7)10(23)24;5-3(6)1-4-2-10(7,8)9/h5-6,10,14H,3-4H2,1-2H3;1-5,11-12H,(H,23,24)(H2,19,20,21,22,25);4H,1-2H2,(H,5,6)(H2,7,8,9). The Morgan fingerprint density at radius 3 is 2.02 bits per heavy atom. The summed E-state index contributed by atoms with van der Waals surface area (Å²) in [5.74, 6) is -7.52. The second-order valence-electron chi connectivity index (χ2n) is 11.8. The van der Waals surface area contributed by atoms with Gasteiger partial charge in [-0.05, 0) is 43.7 Å². The molecule has 0 bridgehead atoms. The van der Waals surface area contributed by atoms with Crippen molar-refractivity contribution >= 4 is 70.7 Å². The zero-order valence-corrected chi connectivity index (χ0v) is 36.2. The van der Waals surface area contributed by atoms with Crippen LogP contribution < -0.4 is 30.5 Å². The first-order valence-corrected chi connectivity index (χ1v) is 21.3. The third-order valence-electron chi connectivity index (χ3n) is 7.01. The highest BCUT2D eigenvalue weighted by Crippen LogP contribution is 2.31. The van der Waals surface area contributed by atoms with Crippen molar-refractivity contribution in [2.45, 2.75) is 50.3 Å². The molecule has 2 heterocycles. The van der Waals surface area contributed by atoms with Gasteiger partial charge in [0.2, 0.25) is 17.7 Å².